The number of benzene rings is 1. The molecule has 4 nitrogen and oxygen atoms in total. The van der Waals surface area contributed by atoms with Gasteiger partial charge in [0.05, 0.1) is 5.69 Å². The second-order valence-corrected chi connectivity index (χ2v) is 6.95. The Morgan fingerprint density at radius 3 is 2.56 bits per heavy atom. The number of carbonyl (C=O) groups excluding carboxylic acids is 1. The predicted molar refractivity (Wildman–Crippen MR) is 103 cm³/mol. The van der Waals surface area contributed by atoms with Gasteiger partial charge in [-0.2, -0.15) is 0 Å². The molecular weight excluding hydrogens is 334 g/mol. The van der Waals surface area contributed by atoms with Crippen LogP contribution < -0.4 is 10.6 Å². The molecule has 1 aromatic carbocycles. The zero-order valence-electron chi connectivity index (χ0n) is 15.1. The number of hydrogen-bond acceptors (Lipinski definition) is 2. The Morgan fingerprint density at radius 1 is 1.24 bits per heavy atom. The minimum atomic E-state index is -0.0804. The third kappa shape index (κ3) is 5.83. The monoisotopic (exact) mass is 360 g/mol. The van der Waals surface area contributed by atoms with Gasteiger partial charge in [0.15, 0.2) is 11.7 Å². The number of quaternary nitrogens is 1. The maximum atomic E-state index is 12.2. The maximum absolute atomic E-state index is 12.2. The third-order valence-electron chi connectivity index (χ3n) is 4.21. The number of amides is 1. The zero-order chi connectivity index (χ0) is 18.2. The molecule has 2 aromatic rings. The summed E-state index contributed by atoms with van der Waals surface area (Å²) in [5, 5.41) is 5.21. The van der Waals surface area contributed by atoms with Gasteiger partial charge in [0.2, 0.25) is 0 Å². The van der Waals surface area contributed by atoms with E-state index < -0.39 is 0 Å². The Kier molecular flexibility index (Phi) is 7.41. The van der Waals surface area contributed by atoms with E-state index >= 15 is 0 Å². The number of pyridine rings is 1. The van der Waals surface area contributed by atoms with E-state index in [2.05, 4.69) is 60.7 Å². The molecule has 25 heavy (non-hydrogen) atoms. The van der Waals surface area contributed by atoms with Crippen molar-refractivity contribution in [3.8, 4) is 0 Å². The van der Waals surface area contributed by atoms with Crippen LogP contribution in [0.2, 0.25) is 5.15 Å². The molecule has 5 heteroatoms. The van der Waals surface area contributed by atoms with Gasteiger partial charge in [0, 0.05) is 17.7 Å². The molecule has 1 aromatic heterocycles. The summed E-state index contributed by atoms with van der Waals surface area (Å²) in [6.45, 7) is 6.88. The van der Waals surface area contributed by atoms with Crippen LogP contribution in [-0.4, -0.2) is 17.4 Å². The highest BCUT2D eigenvalue weighted by Crippen LogP contribution is 2.19. The van der Waals surface area contributed by atoms with Gasteiger partial charge in [-0.3, -0.25) is 4.79 Å². The van der Waals surface area contributed by atoms with Crippen LogP contribution >= 0.6 is 11.6 Å². The van der Waals surface area contributed by atoms with Crippen LogP contribution in [0.5, 0.6) is 0 Å². The first-order valence-electron chi connectivity index (χ1n) is 8.83. The fourth-order valence-corrected chi connectivity index (χ4v) is 3.07. The summed E-state index contributed by atoms with van der Waals surface area (Å²) in [4.78, 5) is 16.2. The predicted octanol–water partition coefficient (Wildman–Crippen LogP) is 3.59. The van der Waals surface area contributed by atoms with E-state index in [1.54, 1.807) is 18.3 Å². The van der Waals surface area contributed by atoms with Crippen molar-refractivity contribution < 1.29 is 10.1 Å². The van der Waals surface area contributed by atoms with E-state index in [4.69, 9.17) is 11.6 Å². The Bertz CT molecular complexity index is 686. The van der Waals surface area contributed by atoms with Gasteiger partial charge < -0.3 is 10.6 Å². The number of nitrogens with one attached hydrogen (secondary N) is 1. The fraction of sp³-hybridized carbons (Fsp3) is 0.400. The van der Waals surface area contributed by atoms with Crippen molar-refractivity contribution in [3.05, 3.63) is 58.9 Å². The van der Waals surface area contributed by atoms with Crippen molar-refractivity contribution in [2.75, 3.05) is 11.9 Å². The SMILES string of the molecule is CCCc1ccc([C@@H]([NH2+]CC(=O)Nc2cccnc2Cl)C(C)C)cc1. The molecule has 2 rings (SSSR count). The Morgan fingerprint density at radius 2 is 1.96 bits per heavy atom. The van der Waals surface area contributed by atoms with E-state index in [0.717, 1.165) is 12.8 Å². The van der Waals surface area contributed by atoms with Crippen molar-refractivity contribution in [2.45, 2.75) is 39.7 Å². The molecular formula is C20H27ClN3O+. The standard InChI is InChI=1S/C20H26ClN3O/c1-4-6-15-8-10-16(11-9-15)19(14(2)3)23-13-18(25)24-17-7-5-12-22-20(17)21/h5,7-12,14,19,23H,4,6,13H2,1-3H3,(H,24,25)/p+1/t19-/m0/s1. The number of hydrogen-bond donors (Lipinski definition) is 2. The number of nitrogens with zero attached hydrogens (tertiary/aromatic N) is 1. The molecule has 0 fully saturated rings. The van der Waals surface area contributed by atoms with Crippen molar-refractivity contribution >= 4 is 23.2 Å². The van der Waals surface area contributed by atoms with Crippen LogP contribution in [0, 0.1) is 5.92 Å². The molecule has 1 heterocycles. The van der Waals surface area contributed by atoms with Crippen LogP contribution in [0.15, 0.2) is 42.6 Å². The van der Waals surface area contributed by atoms with E-state index in [-0.39, 0.29) is 11.9 Å². The largest absolute Gasteiger partial charge is 0.332 e. The quantitative estimate of drug-likeness (QED) is 0.707. The van der Waals surface area contributed by atoms with E-state index in [9.17, 15) is 4.79 Å². The number of rotatable bonds is 8. The molecule has 0 aliphatic rings. The van der Waals surface area contributed by atoms with Gasteiger partial charge in [0.1, 0.15) is 6.04 Å². The normalized spacial score (nSPS) is 12.2. The summed E-state index contributed by atoms with van der Waals surface area (Å²) in [7, 11) is 0. The number of aromatic nitrogens is 1. The first kappa shape index (κ1) is 19.4. The van der Waals surface area contributed by atoms with Crippen LogP contribution in [0.25, 0.3) is 0 Å². The second kappa shape index (κ2) is 9.54. The first-order valence-corrected chi connectivity index (χ1v) is 9.21. The smallest absolute Gasteiger partial charge is 0.279 e. The second-order valence-electron chi connectivity index (χ2n) is 6.59. The Hall–Kier alpha value is -1.91. The number of aryl methyl sites for hydroxylation is 1. The molecule has 0 unspecified atom stereocenters. The highest BCUT2D eigenvalue weighted by atomic mass is 35.5. The molecule has 0 radical (unpaired) electrons. The van der Waals surface area contributed by atoms with Crippen molar-refractivity contribution in [1.82, 2.24) is 4.98 Å². The Balaban J connectivity index is 1.97. The third-order valence-corrected chi connectivity index (χ3v) is 4.51. The lowest BCUT2D eigenvalue weighted by molar-refractivity contribution is -0.692. The number of anilines is 1. The summed E-state index contributed by atoms with van der Waals surface area (Å²) >= 11 is 5.98. The lowest BCUT2D eigenvalue weighted by atomic mass is 9.94. The van der Waals surface area contributed by atoms with Crippen LogP contribution in [-0.2, 0) is 11.2 Å². The van der Waals surface area contributed by atoms with Crippen LogP contribution in [0.3, 0.4) is 0 Å². The van der Waals surface area contributed by atoms with Gasteiger partial charge in [-0.25, -0.2) is 4.98 Å². The average Bonchev–Trinajstić information content (AvgIpc) is 2.58. The Labute approximate surface area is 155 Å². The summed E-state index contributed by atoms with van der Waals surface area (Å²) in [6.07, 6.45) is 3.85. The topological polar surface area (TPSA) is 58.6 Å². The molecule has 0 saturated heterocycles. The van der Waals surface area contributed by atoms with Crippen LogP contribution in [0.4, 0.5) is 5.69 Å². The van der Waals surface area contributed by atoms with Crippen LogP contribution in [0.1, 0.15) is 44.4 Å². The highest BCUT2D eigenvalue weighted by molar-refractivity contribution is 6.32. The molecule has 134 valence electrons. The van der Waals surface area contributed by atoms with Gasteiger partial charge in [-0.15, -0.1) is 0 Å². The van der Waals surface area contributed by atoms with Gasteiger partial charge in [0.25, 0.3) is 5.91 Å². The molecule has 0 bridgehead atoms. The lowest BCUT2D eigenvalue weighted by Gasteiger charge is -2.20. The molecule has 0 spiro atoms. The summed E-state index contributed by atoms with van der Waals surface area (Å²) in [5.74, 6) is 0.343. The van der Waals surface area contributed by atoms with E-state index in [1.807, 2.05) is 0 Å². The van der Waals surface area contributed by atoms with Crippen molar-refractivity contribution in [2.24, 2.45) is 5.92 Å². The molecule has 0 aliphatic carbocycles. The number of nitrogens with two attached hydrogens (primary N) is 1. The minimum Gasteiger partial charge on any atom is -0.332 e. The van der Waals surface area contributed by atoms with Crippen molar-refractivity contribution in [1.29, 1.82) is 0 Å². The molecule has 3 N–H and O–H groups in total. The van der Waals surface area contributed by atoms with E-state index in [0.29, 0.717) is 23.3 Å². The maximum Gasteiger partial charge on any atom is 0.279 e. The fourth-order valence-electron chi connectivity index (χ4n) is 2.90. The molecule has 0 saturated carbocycles. The number of halogens is 1. The lowest BCUT2D eigenvalue weighted by Crippen LogP contribution is -2.88. The first-order chi connectivity index (χ1) is 12.0. The van der Waals surface area contributed by atoms with E-state index in [1.165, 1.54) is 11.1 Å². The minimum absolute atomic E-state index is 0.0804. The average molecular weight is 361 g/mol. The number of carbonyl (C=O) groups is 1. The summed E-state index contributed by atoms with van der Waals surface area (Å²) in [5.41, 5.74) is 3.16. The van der Waals surface area contributed by atoms with Gasteiger partial charge in [-0.05, 0) is 24.1 Å². The highest BCUT2D eigenvalue weighted by Gasteiger charge is 2.20. The molecule has 0 aliphatic heterocycles. The van der Waals surface area contributed by atoms with Gasteiger partial charge >= 0.3 is 0 Å². The summed E-state index contributed by atoms with van der Waals surface area (Å²) < 4.78 is 0. The van der Waals surface area contributed by atoms with Gasteiger partial charge in [-0.1, -0.05) is 63.1 Å². The molecule has 1 amide bonds. The zero-order valence-corrected chi connectivity index (χ0v) is 15.9. The van der Waals surface area contributed by atoms with Crippen molar-refractivity contribution in [3.63, 3.8) is 0 Å². The summed E-state index contributed by atoms with van der Waals surface area (Å²) in [6, 6.07) is 12.5. The molecule has 1 atom stereocenters.